The zero-order valence-electron chi connectivity index (χ0n) is 15.4. The van der Waals surface area contributed by atoms with Crippen LogP contribution < -0.4 is 15.4 Å². The predicted octanol–water partition coefficient (Wildman–Crippen LogP) is 4.34. The van der Waals surface area contributed by atoms with Crippen LogP contribution in [0.5, 0.6) is 0 Å². The van der Waals surface area contributed by atoms with Crippen molar-refractivity contribution in [3.8, 4) is 11.1 Å². The molecule has 1 amide bonds. The van der Waals surface area contributed by atoms with Gasteiger partial charge in [0.2, 0.25) is 10.0 Å². The van der Waals surface area contributed by atoms with Crippen molar-refractivity contribution in [3.63, 3.8) is 0 Å². The van der Waals surface area contributed by atoms with Gasteiger partial charge in [-0.15, -0.1) is 0 Å². The van der Waals surface area contributed by atoms with Crippen molar-refractivity contribution < 1.29 is 13.2 Å². The fraction of sp³-hybridized carbons (Fsp3) is 0.0952. The van der Waals surface area contributed by atoms with Gasteiger partial charge in [0.1, 0.15) is 0 Å². The number of hydrogen-bond donors (Lipinski definition) is 3. The molecule has 0 aromatic heterocycles. The molecule has 0 aliphatic carbocycles. The normalized spacial score (nSPS) is 12.9. The molecule has 3 aromatic carbocycles. The number of fused-ring (bicyclic) bond motifs is 2. The minimum absolute atomic E-state index is 0.195. The molecule has 3 aromatic rings. The summed E-state index contributed by atoms with van der Waals surface area (Å²) in [6.07, 6.45) is 1.11. The van der Waals surface area contributed by atoms with Gasteiger partial charge in [-0.2, -0.15) is 0 Å². The number of benzene rings is 3. The summed E-state index contributed by atoms with van der Waals surface area (Å²) in [5, 5.41) is 6.25. The molecule has 6 nitrogen and oxygen atoms in total. The van der Waals surface area contributed by atoms with Gasteiger partial charge in [0, 0.05) is 5.69 Å². The summed E-state index contributed by atoms with van der Waals surface area (Å²) in [6, 6.07) is 18.5. The Morgan fingerprint density at radius 3 is 2.36 bits per heavy atom. The van der Waals surface area contributed by atoms with Gasteiger partial charge in [0.25, 0.3) is 5.91 Å². The molecule has 28 heavy (non-hydrogen) atoms. The van der Waals surface area contributed by atoms with E-state index in [1.54, 1.807) is 24.3 Å². The number of hydrogen-bond acceptors (Lipinski definition) is 4. The fourth-order valence-electron chi connectivity index (χ4n) is 3.20. The zero-order valence-corrected chi connectivity index (χ0v) is 16.2. The molecule has 1 aliphatic rings. The lowest BCUT2D eigenvalue weighted by atomic mass is 10.0. The summed E-state index contributed by atoms with van der Waals surface area (Å²) >= 11 is 0. The van der Waals surface area contributed by atoms with Crippen molar-refractivity contribution in [2.24, 2.45) is 0 Å². The Morgan fingerprint density at radius 1 is 0.821 bits per heavy atom. The first-order chi connectivity index (χ1) is 13.3. The lowest BCUT2D eigenvalue weighted by Gasteiger charge is -2.11. The van der Waals surface area contributed by atoms with Crippen molar-refractivity contribution in [2.75, 3.05) is 21.6 Å². The van der Waals surface area contributed by atoms with E-state index in [4.69, 9.17) is 0 Å². The molecule has 3 N–H and O–H groups in total. The fourth-order valence-corrected chi connectivity index (χ4v) is 3.76. The highest BCUT2D eigenvalue weighted by Crippen LogP contribution is 2.35. The number of anilines is 4. The number of aryl methyl sites for hydroxylation is 1. The van der Waals surface area contributed by atoms with Crippen molar-refractivity contribution in [1.29, 1.82) is 0 Å². The molecule has 142 valence electrons. The van der Waals surface area contributed by atoms with E-state index >= 15 is 0 Å². The second-order valence-electron chi connectivity index (χ2n) is 6.84. The Labute approximate surface area is 163 Å². The molecular formula is C21H19N3O3S. The second-order valence-corrected chi connectivity index (χ2v) is 8.59. The van der Waals surface area contributed by atoms with E-state index in [1.807, 2.05) is 43.3 Å². The van der Waals surface area contributed by atoms with Crippen LogP contribution in [0.3, 0.4) is 0 Å². The summed E-state index contributed by atoms with van der Waals surface area (Å²) in [5.74, 6) is -0.195. The largest absolute Gasteiger partial charge is 0.353 e. The van der Waals surface area contributed by atoms with Crippen LogP contribution >= 0.6 is 0 Å². The minimum Gasteiger partial charge on any atom is -0.353 e. The van der Waals surface area contributed by atoms with Crippen LogP contribution in [0.15, 0.2) is 60.7 Å². The minimum atomic E-state index is -3.36. The summed E-state index contributed by atoms with van der Waals surface area (Å²) in [6.45, 7) is 1.97. The van der Waals surface area contributed by atoms with Crippen LogP contribution in [0.4, 0.5) is 22.7 Å². The molecule has 0 saturated carbocycles. The van der Waals surface area contributed by atoms with Crippen molar-refractivity contribution in [3.05, 3.63) is 71.8 Å². The molecule has 4 rings (SSSR count). The molecule has 0 radical (unpaired) electrons. The van der Waals surface area contributed by atoms with E-state index in [0.717, 1.165) is 34.3 Å². The summed E-state index contributed by atoms with van der Waals surface area (Å²) < 4.78 is 25.4. The first-order valence-electron chi connectivity index (χ1n) is 8.70. The molecule has 0 spiro atoms. The number of carbonyl (C=O) groups excluding carboxylic acids is 1. The van der Waals surface area contributed by atoms with Crippen LogP contribution in [0.1, 0.15) is 15.9 Å². The molecular weight excluding hydrogens is 374 g/mol. The van der Waals surface area contributed by atoms with Gasteiger partial charge >= 0.3 is 0 Å². The third-order valence-corrected chi connectivity index (χ3v) is 5.06. The van der Waals surface area contributed by atoms with E-state index in [-0.39, 0.29) is 5.91 Å². The SMILES string of the molecule is Cc1ccc2c(c1)NC(=O)c1cc(-c3cccc(NS(C)(=O)=O)c3)ccc1N2. The maximum atomic E-state index is 12.8. The van der Waals surface area contributed by atoms with E-state index in [9.17, 15) is 13.2 Å². The Kier molecular flexibility index (Phi) is 4.31. The van der Waals surface area contributed by atoms with Gasteiger partial charge in [-0.3, -0.25) is 9.52 Å². The molecule has 0 fully saturated rings. The summed E-state index contributed by atoms with van der Waals surface area (Å²) in [7, 11) is -3.36. The topological polar surface area (TPSA) is 87.3 Å². The first kappa shape index (κ1) is 18.1. The van der Waals surface area contributed by atoms with Crippen LogP contribution in [0, 0.1) is 6.92 Å². The van der Waals surface area contributed by atoms with Gasteiger partial charge in [-0.25, -0.2) is 8.42 Å². The quantitative estimate of drug-likeness (QED) is 0.618. The highest BCUT2D eigenvalue weighted by molar-refractivity contribution is 7.92. The van der Waals surface area contributed by atoms with E-state index in [0.29, 0.717) is 16.9 Å². The van der Waals surface area contributed by atoms with Crippen LogP contribution in [0.2, 0.25) is 0 Å². The van der Waals surface area contributed by atoms with Gasteiger partial charge in [-0.1, -0.05) is 24.3 Å². The van der Waals surface area contributed by atoms with Crippen molar-refractivity contribution >= 4 is 38.7 Å². The average Bonchev–Trinajstić information content (AvgIpc) is 2.76. The van der Waals surface area contributed by atoms with Crippen molar-refractivity contribution in [1.82, 2.24) is 0 Å². The lowest BCUT2D eigenvalue weighted by Crippen LogP contribution is -2.11. The molecule has 0 saturated heterocycles. The standard InChI is InChI=1S/C21H19N3O3S/c1-13-6-8-19-20(10-13)23-21(25)17-12-15(7-9-18(17)22-19)14-4-3-5-16(11-14)24-28(2,26)27/h3-12,22,24H,1-2H3,(H,23,25). The highest BCUT2D eigenvalue weighted by Gasteiger charge is 2.19. The summed E-state index contributed by atoms with van der Waals surface area (Å²) in [4.78, 5) is 12.8. The number of amides is 1. The number of rotatable bonds is 3. The smallest absolute Gasteiger partial charge is 0.257 e. The number of sulfonamides is 1. The predicted molar refractivity (Wildman–Crippen MR) is 113 cm³/mol. The third kappa shape index (κ3) is 3.70. The number of nitrogens with one attached hydrogen (secondary N) is 3. The Balaban J connectivity index is 1.73. The summed E-state index contributed by atoms with van der Waals surface area (Å²) in [5.41, 5.74) is 5.97. The molecule has 1 heterocycles. The molecule has 0 unspecified atom stereocenters. The van der Waals surface area contributed by atoms with E-state index in [1.165, 1.54) is 0 Å². The Bertz CT molecular complexity index is 1200. The highest BCUT2D eigenvalue weighted by atomic mass is 32.2. The lowest BCUT2D eigenvalue weighted by molar-refractivity contribution is 0.102. The first-order valence-corrected chi connectivity index (χ1v) is 10.6. The molecule has 7 heteroatoms. The van der Waals surface area contributed by atoms with Gasteiger partial charge < -0.3 is 10.6 Å². The van der Waals surface area contributed by atoms with Gasteiger partial charge in [0.05, 0.1) is 28.9 Å². The molecule has 0 bridgehead atoms. The van der Waals surface area contributed by atoms with Crippen LogP contribution in [0.25, 0.3) is 11.1 Å². The van der Waals surface area contributed by atoms with Gasteiger partial charge in [0.15, 0.2) is 0 Å². The van der Waals surface area contributed by atoms with Gasteiger partial charge in [-0.05, 0) is 60.0 Å². The van der Waals surface area contributed by atoms with E-state index in [2.05, 4.69) is 15.4 Å². The van der Waals surface area contributed by atoms with Crippen LogP contribution in [-0.2, 0) is 10.0 Å². The van der Waals surface area contributed by atoms with Crippen LogP contribution in [-0.4, -0.2) is 20.6 Å². The monoisotopic (exact) mass is 393 g/mol. The molecule has 1 aliphatic heterocycles. The maximum Gasteiger partial charge on any atom is 0.257 e. The second kappa shape index (κ2) is 6.69. The number of carbonyl (C=O) groups is 1. The van der Waals surface area contributed by atoms with Crippen molar-refractivity contribution in [2.45, 2.75) is 6.92 Å². The Morgan fingerprint density at radius 2 is 1.57 bits per heavy atom. The zero-order chi connectivity index (χ0) is 19.9. The maximum absolute atomic E-state index is 12.8. The Hall–Kier alpha value is -3.32. The average molecular weight is 393 g/mol. The third-order valence-electron chi connectivity index (χ3n) is 4.46. The van der Waals surface area contributed by atoms with E-state index < -0.39 is 10.0 Å². The molecule has 0 atom stereocenters.